The van der Waals surface area contributed by atoms with E-state index in [9.17, 15) is 9.59 Å². The lowest BCUT2D eigenvalue weighted by atomic mass is 9.87. The molecule has 3 aromatic rings. The molecule has 170 valence electrons. The molecule has 0 saturated carbocycles. The summed E-state index contributed by atoms with van der Waals surface area (Å²) < 4.78 is 5.84. The Morgan fingerprint density at radius 2 is 1.64 bits per heavy atom. The zero-order valence-electron chi connectivity index (χ0n) is 19.4. The molecule has 1 N–H and O–H groups in total. The van der Waals surface area contributed by atoms with Gasteiger partial charge in [0.15, 0.2) is 6.61 Å². The number of benzene rings is 3. The number of nitrogens with one attached hydrogen (secondary N) is 1. The lowest BCUT2D eigenvalue weighted by molar-refractivity contribution is -0.132. The maximum Gasteiger partial charge on any atom is 0.262 e. The highest BCUT2D eigenvalue weighted by molar-refractivity contribution is 5.91. The third-order valence-electron chi connectivity index (χ3n) is 6.07. The Labute approximate surface area is 195 Å². The second-order valence-electron chi connectivity index (χ2n) is 8.57. The number of ether oxygens (including phenoxy) is 1. The molecule has 1 unspecified atom stereocenters. The van der Waals surface area contributed by atoms with E-state index in [1.807, 2.05) is 55.1 Å². The summed E-state index contributed by atoms with van der Waals surface area (Å²) in [6, 6.07) is 21.8. The fourth-order valence-electron chi connectivity index (χ4n) is 4.25. The Morgan fingerprint density at radius 1 is 0.970 bits per heavy atom. The topological polar surface area (TPSA) is 58.6 Å². The molecule has 5 nitrogen and oxygen atoms in total. The first-order valence-electron chi connectivity index (χ1n) is 11.4. The summed E-state index contributed by atoms with van der Waals surface area (Å²) in [6.45, 7) is 6.57. The fourth-order valence-corrected chi connectivity index (χ4v) is 4.25. The Bertz CT molecular complexity index is 1140. The average molecular weight is 443 g/mol. The van der Waals surface area contributed by atoms with Crippen LogP contribution in [0.15, 0.2) is 66.7 Å². The van der Waals surface area contributed by atoms with Crippen LogP contribution < -0.4 is 10.1 Å². The smallest absolute Gasteiger partial charge is 0.262 e. The maximum absolute atomic E-state index is 12.8. The van der Waals surface area contributed by atoms with Gasteiger partial charge in [-0.3, -0.25) is 9.59 Å². The van der Waals surface area contributed by atoms with Crippen molar-refractivity contribution in [2.24, 2.45) is 0 Å². The van der Waals surface area contributed by atoms with Crippen molar-refractivity contribution >= 4 is 17.5 Å². The molecule has 3 aromatic carbocycles. The number of nitrogens with zero attached hydrogens (tertiary/aromatic N) is 1. The average Bonchev–Trinajstić information content (AvgIpc) is 2.83. The van der Waals surface area contributed by atoms with Crippen molar-refractivity contribution in [3.05, 3.63) is 94.5 Å². The number of fused-ring (bicyclic) bond motifs is 1. The number of rotatable bonds is 6. The van der Waals surface area contributed by atoms with Gasteiger partial charge in [0.2, 0.25) is 5.91 Å². The van der Waals surface area contributed by atoms with Crippen molar-refractivity contribution in [2.75, 3.05) is 18.5 Å². The second-order valence-corrected chi connectivity index (χ2v) is 8.57. The van der Waals surface area contributed by atoms with Crippen LogP contribution in [-0.4, -0.2) is 29.9 Å². The fraction of sp³-hybridized carbons (Fsp3) is 0.286. The minimum absolute atomic E-state index is 0.0839. The van der Waals surface area contributed by atoms with E-state index in [1.165, 1.54) is 11.1 Å². The van der Waals surface area contributed by atoms with Crippen LogP contribution in [0.1, 0.15) is 47.2 Å². The third kappa shape index (κ3) is 5.25. The molecule has 1 heterocycles. The van der Waals surface area contributed by atoms with E-state index in [4.69, 9.17) is 4.74 Å². The summed E-state index contributed by atoms with van der Waals surface area (Å²) in [5.41, 5.74) is 6.41. The van der Waals surface area contributed by atoms with E-state index in [0.29, 0.717) is 18.7 Å². The van der Waals surface area contributed by atoms with Gasteiger partial charge in [0.05, 0.1) is 6.04 Å². The number of anilines is 1. The van der Waals surface area contributed by atoms with Crippen LogP contribution in [0, 0.1) is 13.8 Å². The van der Waals surface area contributed by atoms with Gasteiger partial charge >= 0.3 is 0 Å². The summed E-state index contributed by atoms with van der Waals surface area (Å²) in [7, 11) is 0. The van der Waals surface area contributed by atoms with Crippen molar-refractivity contribution in [1.82, 2.24) is 4.90 Å². The van der Waals surface area contributed by atoms with Gasteiger partial charge in [-0.1, -0.05) is 60.5 Å². The largest absolute Gasteiger partial charge is 0.484 e. The van der Waals surface area contributed by atoms with Crippen LogP contribution in [-0.2, 0) is 16.0 Å². The lowest BCUT2D eigenvalue weighted by Gasteiger charge is -2.38. The highest BCUT2D eigenvalue weighted by Crippen LogP contribution is 2.37. The maximum atomic E-state index is 12.8. The quantitative estimate of drug-likeness (QED) is 0.570. The van der Waals surface area contributed by atoms with Crippen molar-refractivity contribution < 1.29 is 14.3 Å². The van der Waals surface area contributed by atoms with Crippen LogP contribution in [0.25, 0.3) is 0 Å². The standard InChI is InChI=1S/C28H30N2O3/c1-4-27(32)30-16-15-21-11-14-24(17-25(21)28(30)22-9-5-19(2)6-10-22)33-18-26(31)29-23-12-7-20(3)8-13-23/h5-14,17,28H,4,15-16,18H2,1-3H3,(H,29,31). The minimum Gasteiger partial charge on any atom is -0.484 e. The highest BCUT2D eigenvalue weighted by Gasteiger charge is 2.31. The molecule has 5 heteroatoms. The molecule has 0 fully saturated rings. The van der Waals surface area contributed by atoms with Crippen LogP contribution >= 0.6 is 0 Å². The van der Waals surface area contributed by atoms with Gasteiger partial charge in [-0.05, 0) is 61.2 Å². The molecule has 1 aliphatic rings. The van der Waals surface area contributed by atoms with Gasteiger partial charge in [0.1, 0.15) is 5.75 Å². The van der Waals surface area contributed by atoms with Gasteiger partial charge in [-0.15, -0.1) is 0 Å². The Balaban J connectivity index is 1.55. The van der Waals surface area contributed by atoms with E-state index in [0.717, 1.165) is 28.8 Å². The predicted octanol–water partition coefficient (Wildman–Crippen LogP) is 5.21. The molecule has 0 aliphatic carbocycles. The molecular formula is C28H30N2O3. The monoisotopic (exact) mass is 442 g/mol. The molecular weight excluding hydrogens is 412 g/mol. The summed E-state index contributed by atoms with van der Waals surface area (Å²) in [5.74, 6) is 0.542. The predicted molar refractivity (Wildman–Crippen MR) is 130 cm³/mol. The number of amides is 2. The number of hydrogen-bond donors (Lipinski definition) is 1. The Morgan fingerprint density at radius 3 is 2.30 bits per heavy atom. The van der Waals surface area contributed by atoms with Crippen LogP contribution in [0.3, 0.4) is 0 Å². The summed E-state index contributed by atoms with van der Waals surface area (Å²) in [5, 5.41) is 2.85. The van der Waals surface area contributed by atoms with Crippen LogP contribution in [0.4, 0.5) is 5.69 Å². The molecule has 0 aromatic heterocycles. The number of aryl methyl sites for hydroxylation is 2. The van der Waals surface area contributed by atoms with Crippen molar-refractivity contribution in [2.45, 2.75) is 39.7 Å². The minimum atomic E-state index is -0.213. The zero-order valence-corrected chi connectivity index (χ0v) is 19.4. The lowest BCUT2D eigenvalue weighted by Crippen LogP contribution is -2.40. The second kappa shape index (κ2) is 9.90. The van der Waals surface area contributed by atoms with Gasteiger partial charge in [-0.25, -0.2) is 0 Å². The van der Waals surface area contributed by atoms with Crippen LogP contribution in [0.2, 0.25) is 0 Å². The zero-order chi connectivity index (χ0) is 23.4. The molecule has 0 radical (unpaired) electrons. The Kier molecular flexibility index (Phi) is 6.78. The Hall–Kier alpha value is -3.60. The molecule has 33 heavy (non-hydrogen) atoms. The van der Waals surface area contributed by atoms with E-state index >= 15 is 0 Å². The molecule has 0 spiro atoms. The van der Waals surface area contributed by atoms with Crippen LogP contribution in [0.5, 0.6) is 5.75 Å². The number of carbonyl (C=O) groups is 2. The summed E-state index contributed by atoms with van der Waals surface area (Å²) in [4.78, 5) is 27.1. The molecule has 0 bridgehead atoms. The van der Waals surface area contributed by atoms with Gasteiger partial charge < -0.3 is 15.0 Å². The van der Waals surface area contributed by atoms with Gasteiger partial charge in [0.25, 0.3) is 5.91 Å². The first kappa shape index (κ1) is 22.6. The van der Waals surface area contributed by atoms with Crippen molar-refractivity contribution in [3.63, 3.8) is 0 Å². The SMILES string of the molecule is CCC(=O)N1CCc2ccc(OCC(=O)Nc3ccc(C)cc3)cc2C1c1ccc(C)cc1. The summed E-state index contributed by atoms with van der Waals surface area (Å²) >= 11 is 0. The molecule has 1 aliphatic heterocycles. The molecule has 0 saturated heterocycles. The van der Waals surface area contributed by atoms with Crippen molar-refractivity contribution in [1.29, 1.82) is 0 Å². The van der Waals surface area contributed by atoms with Crippen molar-refractivity contribution in [3.8, 4) is 5.75 Å². The van der Waals surface area contributed by atoms with E-state index < -0.39 is 0 Å². The third-order valence-corrected chi connectivity index (χ3v) is 6.07. The normalized spacial score (nSPS) is 15.0. The van der Waals surface area contributed by atoms with Gasteiger partial charge in [0, 0.05) is 18.7 Å². The first-order chi connectivity index (χ1) is 15.9. The number of carbonyl (C=O) groups excluding carboxylic acids is 2. The molecule has 2 amide bonds. The van der Waals surface area contributed by atoms with E-state index in [2.05, 4.69) is 42.6 Å². The van der Waals surface area contributed by atoms with E-state index in [-0.39, 0.29) is 24.5 Å². The van der Waals surface area contributed by atoms with E-state index in [1.54, 1.807) is 0 Å². The molecule has 1 atom stereocenters. The highest BCUT2D eigenvalue weighted by atomic mass is 16.5. The first-order valence-corrected chi connectivity index (χ1v) is 11.4. The van der Waals surface area contributed by atoms with Gasteiger partial charge in [-0.2, -0.15) is 0 Å². The summed E-state index contributed by atoms with van der Waals surface area (Å²) in [6.07, 6.45) is 1.27. The molecule has 4 rings (SSSR count). The number of hydrogen-bond acceptors (Lipinski definition) is 3.